The number of aliphatic carboxylic acids is 1. The van der Waals surface area contributed by atoms with Crippen LogP contribution in [0.15, 0.2) is 59.6 Å². The summed E-state index contributed by atoms with van der Waals surface area (Å²) in [5, 5.41) is 29.2. The molecular weight excluding hydrogens is 613 g/mol. The predicted molar refractivity (Wildman–Crippen MR) is 161 cm³/mol. The Morgan fingerprint density at radius 1 is 1.00 bits per heavy atom. The van der Waals surface area contributed by atoms with Crippen LogP contribution in [-0.2, 0) is 35.8 Å². The van der Waals surface area contributed by atoms with Gasteiger partial charge >= 0.3 is 18.1 Å². The number of amidine groups is 1. The lowest BCUT2D eigenvalue weighted by molar-refractivity contribution is -0.191. The normalized spacial score (nSPS) is 14.2. The van der Waals surface area contributed by atoms with Gasteiger partial charge in [0.2, 0.25) is 17.7 Å². The number of benzene rings is 2. The van der Waals surface area contributed by atoms with E-state index in [1.807, 2.05) is 0 Å². The van der Waals surface area contributed by atoms with Gasteiger partial charge in [-0.25, -0.2) is 9.79 Å². The number of nitrogen functional groups attached to an aromatic ring is 1. The van der Waals surface area contributed by atoms with Crippen LogP contribution in [0.3, 0.4) is 0 Å². The van der Waals surface area contributed by atoms with E-state index in [4.69, 9.17) is 28.0 Å². The molecule has 2 rings (SSSR count). The number of carbonyl (C=O) groups excluding carboxylic acids is 3. The Hall–Kier alpha value is -5.48. The molecule has 2 amide bonds. The average molecular weight is 649 g/mol. The van der Waals surface area contributed by atoms with Crippen LogP contribution in [0.2, 0.25) is 0 Å². The molecule has 0 aliphatic carbocycles. The number of halogens is 3. The van der Waals surface area contributed by atoms with Crippen molar-refractivity contribution in [2.45, 2.75) is 56.3 Å². The van der Waals surface area contributed by atoms with Crippen molar-refractivity contribution < 1.29 is 42.2 Å². The first-order valence-electron chi connectivity index (χ1n) is 13.7. The number of hydrogen-bond acceptors (Lipinski definition) is 8. The molecule has 2 aromatic carbocycles. The lowest BCUT2D eigenvalue weighted by Crippen LogP contribution is -2.52. The summed E-state index contributed by atoms with van der Waals surface area (Å²) in [5.41, 5.74) is 16.1. The van der Waals surface area contributed by atoms with Gasteiger partial charge in [-0.1, -0.05) is 54.6 Å². The molecule has 248 valence electrons. The summed E-state index contributed by atoms with van der Waals surface area (Å²) in [4.78, 5) is 53.7. The molecule has 0 spiro atoms. The van der Waals surface area contributed by atoms with E-state index < -0.39 is 59.7 Å². The van der Waals surface area contributed by atoms with E-state index >= 15 is 0 Å². The first-order chi connectivity index (χ1) is 21.4. The van der Waals surface area contributed by atoms with Gasteiger partial charge in [-0.2, -0.15) is 13.2 Å². The van der Waals surface area contributed by atoms with E-state index in [0.717, 1.165) is 0 Å². The molecule has 0 unspecified atom stereocenters. The van der Waals surface area contributed by atoms with Gasteiger partial charge in [0.15, 0.2) is 5.96 Å². The molecule has 0 aromatic heterocycles. The maximum Gasteiger partial charge on any atom is 0.491 e. The van der Waals surface area contributed by atoms with E-state index in [9.17, 15) is 37.5 Å². The Kier molecular flexibility index (Phi) is 12.8. The largest absolute Gasteiger partial charge is 0.491 e. The lowest BCUT2D eigenvalue weighted by Gasteiger charge is -2.31. The summed E-state index contributed by atoms with van der Waals surface area (Å²) in [6, 6.07) is 11.0. The Balaban J connectivity index is 2.58. The number of carbonyl (C=O) groups is 4. The number of carboxylic acids is 1. The Labute approximate surface area is 261 Å². The van der Waals surface area contributed by atoms with Crippen molar-refractivity contribution in [1.82, 2.24) is 10.6 Å². The van der Waals surface area contributed by atoms with E-state index in [0.29, 0.717) is 16.7 Å². The number of carboxylic acid groups (broad SMARTS) is 1. The summed E-state index contributed by atoms with van der Waals surface area (Å²) < 4.78 is 44.3. The maximum atomic E-state index is 14.0. The maximum absolute atomic E-state index is 14.0. The van der Waals surface area contributed by atoms with Crippen LogP contribution in [0.4, 0.5) is 13.2 Å². The molecule has 0 saturated heterocycles. The fourth-order valence-corrected chi connectivity index (χ4v) is 4.30. The molecule has 0 heterocycles. The number of alkyl halides is 3. The summed E-state index contributed by atoms with van der Waals surface area (Å²) in [7, 11) is 0. The number of nitrogens with one attached hydrogen (secondary N) is 4. The van der Waals surface area contributed by atoms with E-state index in [-0.39, 0.29) is 37.6 Å². The van der Waals surface area contributed by atoms with Crippen LogP contribution in [-0.4, -0.2) is 71.4 Å². The number of nitrogens with two attached hydrogens (primary N) is 3. The number of primary amides is 1. The number of aliphatic imine (C=N–C) groups is 1. The molecule has 14 nitrogen and oxygen atoms in total. The van der Waals surface area contributed by atoms with Gasteiger partial charge in [-0.15, -0.1) is 0 Å². The summed E-state index contributed by atoms with van der Waals surface area (Å²) in [5.74, 6) is -8.17. The number of hydrogen-bond donors (Lipinski definition) is 8. The second kappa shape index (κ2) is 16.0. The zero-order valence-corrected chi connectivity index (χ0v) is 24.7. The highest BCUT2D eigenvalue weighted by atomic mass is 19.4. The number of rotatable bonds is 15. The third-order valence-corrected chi connectivity index (χ3v) is 6.73. The van der Waals surface area contributed by atoms with Crippen molar-refractivity contribution in [1.29, 1.82) is 10.8 Å². The van der Waals surface area contributed by atoms with Gasteiger partial charge in [0, 0.05) is 12.1 Å². The Bertz CT molecular complexity index is 1470. The molecule has 0 aliphatic heterocycles. The van der Waals surface area contributed by atoms with Crippen molar-refractivity contribution >= 4 is 41.4 Å². The standard InChI is InChI=1S/C29H35F3N8O6/c1-28(18-6-3-2-4-7-18,15-16-9-11-17(12-10-16)22(33)34)25(44)40-20(14-21(41)42)24(46-26(45)29(30,31)32)39-19(23(35)43)8-5-13-38-27(36)37/h2-4,6-7,9-12,19-20H,5,8,13-15H2,1H3,(H3,33,34)(H2,35,43)(H,40,44)(H,41,42)(H4,36,37,38)/t19-,20-,28-/m0/s1. The zero-order chi connectivity index (χ0) is 34.7. The number of guanidine groups is 1. The van der Waals surface area contributed by atoms with Crippen molar-refractivity contribution in [2.24, 2.45) is 22.2 Å². The van der Waals surface area contributed by atoms with Crippen LogP contribution in [0.1, 0.15) is 42.9 Å². The van der Waals surface area contributed by atoms with Crippen molar-refractivity contribution in [3.8, 4) is 0 Å². The SMILES string of the molecule is C[C@@](Cc1ccc(C(=N)N)cc1)(C(=O)N[C@@H](CC(=O)O)C(=N[C@@H](CCCNC(=N)N)C(N)=O)OC(=O)C(F)(F)F)c1ccccc1. The molecule has 11 N–H and O–H groups in total. The molecule has 3 atom stereocenters. The summed E-state index contributed by atoms with van der Waals surface area (Å²) in [6.45, 7) is 1.56. The zero-order valence-electron chi connectivity index (χ0n) is 24.7. The Morgan fingerprint density at radius 2 is 1.61 bits per heavy atom. The molecule has 46 heavy (non-hydrogen) atoms. The number of nitrogens with zero attached hydrogens (tertiary/aromatic N) is 1. The van der Waals surface area contributed by atoms with Crippen LogP contribution < -0.4 is 27.8 Å². The molecule has 2 aromatic rings. The number of amides is 2. The van der Waals surface area contributed by atoms with Gasteiger partial charge in [0.1, 0.15) is 17.9 Å². The lowest BCUT2D eigenvalue weighted by atomic mass is 9.76. The van der Waals surface area contributed by atoms with E-state index in [1.54, 1.807) is 54.6 Å². The topological polar surface area (TPSA) is 260 Å². The third kappa shape index (κ3) is 10.9. The smallest absolute Gasteiger partial charge is 0.481 e. The van der Waals surface area contributed by atoms with Crippen molar-refractivity contribution in [3.63, 3.8) is 0 Å². The minimum absolute atomic E-state index is 0.0112. The number of ether oxygens (including phenoxy) is 1. The molecular formula is C29H35F3N8O6. The molecule has 0 radical (unpaired) electrons. The van der Waals surface area contributed by atoms with Crippen LogP contribution >= 0.6 is 0 Å². The molecule has 0 bridgehead atoms. The first kappa shape index (κ1) is 36.7. The average Bonchev–Trinajstić information content (AvgIpc) is 2.97. The van der Waals surface area contributed by atoms with Gasteiger partial charge in [-0.3, -0.25) is 25.2 Å². The minimum Gasteiger partial charge on any atom is -0.481 e. The van der Waals surface area contributed by atoms with Crippen molar-refractivity contribution in [3.05, 3.63) is 71.3 Å². The van der Waals surface area contributed by atoms with E-state index in [2.05, 4.69) is 20.4 Å². The van der Waals surface area contributed by atoms with Gasteiger partial charge in [-0.05, 0) is 37.3 Å². The number of esters is 1. The van der Waals surface area contributed by atoms with Crippen LogP contribution in [0, 0.1) is 10.8 Å². The molecule has 17 heteroatoms. The highest BCUT2D eigenvalue weighted by Gasteiger charge is 2.44. The monoisotopic (exact) mass is 648 g/mol. The fourth-order valence-electron chi connectivity index (χ4n) is 4.30. The van der Waals surface area contributed by atoms with Crippen LogP contribution in [0.25, 0.3) is 0 Å². The van der Waals surface area contributed by atoms with Crippen LogP contribution in [0.5, 0.6) is 0 Å². The van der Waals surface area contributed by atoms with Crippen molar-refractivity contribution in [2.75, 3.05) is 6.54 Å². The molecule has 0 saturated carbocycles. The van der Waals surface area contributed by atoms with Gasteiger partial charge in [0.05, 0.1) is 11.8 Å². The highest BCUT2D eigenvalue weighted by Crippen LogP contribution is 2.30. The third-order valence-electron chi connectivity index (χ3n) is 6.73. The van der Waals surface area contributed by atoms with E-state index in [1.165, 1.54) is 6.92 Å². The quantitative estimate of drug-likeness (QED) is 0.0593. The second-order valence-electron chi connectivity index (χ2n) is 10.4. The first-order valence-corrected chi connectivity index (χ1v) is 13.7. The minimum atomic E-state index is -5.54. The summed E-state index contributed by atoms with van der Waals surface area (Å²) >= 11 is 0. The summed E-state index contributed by atoms with van der Waals surface area (Å²) in [6.07, 6.45) is -6.80. The van der Waals surface area contributed by atoms with Gasteiger partial charge in [0.25, 0.3) is 0 Å². The fraction of sp³-hybridized carbons (Fsp3) is 0.345. The highest BCUT2D eigenvalue weighted by molar-refractivity contribution is 6.00. The molecule has 0 fully saturated rings. The Morgan fingerprint density at radius 3 is 2.11 bits per heavy atom. The molecule has 0 aliphatic rings. The predicted octanol–water partition coefficient (Wildman–Crippen LogP) is 1.05. The van der Waals surface area contributed by atoms with Gasteiger partial charge < -0.3 is 37.7 Å². The second-order valence-corrected chi connectivity index (χ2v) is 10.4.